The number of benzene rings is 1. The lowest BCUT2D eigenvalue weighted by Gasteiger charge is -2.20. The molecule has 0 atom stereocenters. The normalized spacial score (nSPS) is 15.4. The monoisotopic (exact) mass is 292 g/mol. The van der Waals surface area contributed by atoms with Crippen molar-refractivity contribution >= 4 is 21.4 Å². The lowest BCUT2D eigenvalue weighted by atomic mass is 10.1. The molecule has 0 spiro atoms. The van der Waals surface area contributed by atoms with E-state index in [0.29, 0.717) is 6.54 Å². The maximum absolute atomic E-state index is 14.2. The molecule has 1 saturated carbocycles. The molecule has 1 heterocycles. The van der Waals surface area contributed by atoms with E-state index in [1.54, 1.807) is 23.5 Å². The van der Waals surface area contributed by atoms with Gasteiger partial charge in [0.25, 0.3) is 0 Å². The van der Waals surface area contributed by atoms with Crippen molar-refractivity contribution in [3.05, 3.63) is 34.5 Å². The predicted molar refractivity (Wildman–Crippen MR) is 83.3 cm³/mol. The van der Waals surface area contributed by atoms with E-state index in [1.807, 2.05) is 6.07 Å². The van der Waals surface area contributed by atoms with Gasteiger partial charge >= 0.3 is 0 Å². The molecule has 1 fully saturated rings. The second kappa shape index (κ2) is 5.80. The van der Waals surface area contributed by atoms with Crippen molar-refractivity contribution in [3.63, 3.8) is 0 Å². The second-order valence-electron chi connectivity index (χ2n) is 5.59. The Kier molecular flexibility index (Phi) is 4.06. The highest BCUT2D eigenvalue weighted by Gasteiger charge is 2.25. The van der Waals surface area contributed by atoms with Crippen LogP contribution < -0.4 is 5.73 Å². The molecule has 3 rings (SSSR count). The van der Waals surface area contributed by atoms with Crippen LogP contribution in [0.15, 0.2) is 18.2 Å². The number of thiophene rings is 1. The number of halogens is 1. The highest BCUT2D eigenvalue weighted by Crippen LogP contribution is 2.35. The van der Waals surface area contributed by atoms with E-state index in [9.17, 15) is 4.39 Å². The average Bonchev–Trinajstić information content (AvgIpc) is 3.19. The third-order valence-corrected chi connectivity index (χ3v) is 5.29. The van der Waals surface area contributed by atoms with Crippen molar-refractivity contribution in [3.8, 4) is 0 Å². The van der Waals surface area contributed by atoms with Crippen molar-refractivity contribution in [2.45, 2.75) is 32.9 Å². The molecule has 2 nitrogen and oxygen atoms in total. The summed E-state index contributed by atoms with van der Waals surface area (Å²) in [6.07, 6.45) is 2.69. The second-order valence-corrected chi connectivity index (χ2v) is 6.73. The van der Waals surface area contributed by atoms with Crippen LogP contribution in [0, 0.1) is 11.7 Å². The van der Waals surface area contributed by atoms with Gasteiger partial charge in [0, 0.05) is 34.6 Å². The Morgan fingerprint density at radius 3 is 2.85 bits per heavy atom. The van der Waals surface area contributed by atoms with Crippen LogP contribution in [0.3, 0.4) is 0 Å². The number of rotatable bonds is 6. The Hall–Kier alpha value is -0.970. The van der Waals surface area contributed by atoms with Gasteiger partial charge in [-0.3, -0.25) is 4.90 Å². The summed E-state index contributed by atoms with van der Waals surface area (Å²) in [7, 11) is 0. The summed E-state index contributed by atoms with van der Waals surface area (Å²) >= 11 is 1.63. The van der Waals surface area contributed by atoms with Gasteiger partial charge in [-0.15, -0.1) is 11.3 Å². The zero-order valence-electron chi connectivity index (χ0n) is 11.9. The molecule has 1 aliphatic carbocycles. The average molecular weight is 292 g/mol. The third-order valence-electron chi connectivity index (χ3n) is 4.07. The van der Waals surface area contributed by atoms with E-state index in [-0.39, 0.29) is 5.82 Å². The van der Waals surface area contributed by atoms with Gasteiger partial charge in [0.2, 0.25) is 0 Å². The van der Waals surface area contributed by atoms with E-state index < -0.39 is 0 Å². The number of hydrogen-bond donors (Lipinski definition) is 1. The topological polar surface area (TPSA) is 29.3 Å². The number of hydrogen-bond acceptors (Lipinski definition) is 3. The maximum Gasteiger partial charge on any atom is 0.132 e. The van der Waals surface area contributed by atoms with Crippen molar-refractivity contribution in [1.29, 1.82) is 0 Å². The number of fused-ring (bicyclic) bond motifs is 1. The molecular formula is C16H21FN2S. The van der Waals surface area contributed by atoms with E-state index >= 15 is 0 Å². The van der Waals surface area contributed by atoms with Crippen LogP contribution in [-0.2, 0) is 13.1 Å². The minimum Gasteiger partial charge on any atom is -0.326 e. The molecule has 0 aliphatic heterocycles. The summed E-state index contributed by atoms with van der Waals surface area (Å²) in [6, 6.07) is 5.32. The molecule has 4 heteroatoms. The van der Waals surface area contributed by atoms with Gasteiger partial charge in [-0.05, 0) is 43.0 Å². The summed E-state index contributed by atoms with van der Waals surface area (Å²) in [6.45, 7) is 5.63. The van der Waals surface area contributed by atoms with Crippen LogP contribution in [0.4, 0.5) is 4.39 Å². The van der Waals surface area contributed by atoms with Crippen LogP contribution in [0.5, 0.6) is 0 Å². The van der Waals surface area contributed by atoms with E-state index in [4.69, 9.17) is 5.73 Å². The SMILES string of the molecule is CCN(Cc1c(CN)sc2cccc(F)c12)CC1CC1. The van der Waals surface area contributed by atoms with Crippen LogP contribution in [-0.4, -0.2) is 18.0 Å². The van der Waals surface area contributed by atoms with E-state index in [0.717, 1.165) is 46.1 Å². The maximum atomic E-state index is 14.2. The summed E-state index contributed by atoms with van der Waals surface area (Å²) in [5.74, 6) is 0.738. The summed E-state index contributed by atoms with van der Waals surface area (Å²) in [4.78, 5) is 3.55. The van der Waals surface area contributed by atoms with Gasteiger partial charge in [0.1, 0.15) is 5.82 Å². The predicted octanol–water partition coefficient (Wildman–Crippen LogP) is 3.73. The van der Waals surface area contributed by atoms with Crippen LogP contribution in [0.25, 0.3) is 10.1 Å². The van der Waals surface area contributed by atoms with Gasteiger partial charge in [-0.1, -0.05) is 13.0 Å². The number of nitrogens with zero attached hydrogens (tertiary/aromatic N) is 1. The fourth-order valence-corrected chi connectivity index (χ4v) is 3.85. The largest absolute Gasteiger partial charge is 0.326 e. The van der Waals surface area contributed by atoms with Crippen molar-refractivity contribution < 1.29 is 4.39 Å². The Labute approximate surface area is 123 Å². The lowest BCUT2D eigenvalue weighted by Crippen LogP contribution is -2.25. The molecular weight excluding hydrogens is 271 g/mol. The minimum atomic E-state index is -0.115. The van der Waals surface area contributed by atoms with E-state index in [1.165, 1.54) is 12.8 Å². The van der Waals surface area contributed by atoms with Crippen molar-refractivity contribution in [2.24, 2.45) is 11.7 Å². The molecule has 20 heavy (non-hydrogen) atoms. The first kappa shape index (κ1) is 14.0. The van der Waals surface area contributed by atoms with Gasteiger partial charge < -0.3 is 5.73 Å². The lowest BCUT2D eigenvalue weighted by molar-refractivity contribution is 0.269. The molecule has 2 N–H and O–H groups in total. The summed E-state index contributed by atoms with van der Waals surface area (Å²) in [5, 5.41) is 0.784. The minimum absolute atomic E-state index is 0.115. The van der Waals surface area contributed by atoms with Crippen LogP contribution in [0.2, 0.25) is 0 Å². The first-order valence-corrected chi connectivity index (χ1v) is 8.15. The highest BCUT2D eigenvalue weighted by molar-refractivity contribution is 7.19. The van der Waals surface area contributed by atoms with Crippen LogP contribution >= 0.6 is 11.3 Å². The summed E-state index contributed by atoms with van der Waals surface area (Å²) in [5.41, 5.74) is 6.97. The van der Waals surface area contributed by atoms with Gasteiger partial charge in [-0.2, -0.15) is 0 Å². The van der Waals surface area contributed by atoms with Gasteiger partial charge in [0.15, 0.2) is 0 Å². The molecule has 0 bridgehead atoms. The zero-order chi connectivity index (χ0) is 14.1. The quantitative estimate of drug-likeness (QED) is 0.879. The molecule has 1 aromatic heterocycles. The van der Waals surface area contributed by atoms with E-state index in [2.05, 4.69) is 11.8 Å². The molecule has 1 aromatic carbocycles. The van der Waals surface area contributed by atoms with Crippen molar-refractivity contribution in [1.82, 2.24) is 4.90 Å². The highest BCUT2D eigenvalue weighted by atomic mass is 32.1. The molecule has 0 radical (unpaired) electrons. The van der Waals surface area contributed by atoms with Gasteiger partial charge in [-0.25, -0.2) is 4.39 Å². The van der Waals surface area contributed by atoms with Crippen molar-refractivity contribution in [2.75, 3.05) is 13.1 Å². The standard InChI is InChI=1S/C16H21FN2S/c1-2-19(9-11-6-7-11)10-12-15(8-18)20-14-5-3-4-13(17)16(12)14/h3-5,11H,2,6-10,18H2,1H3. The third kappa shape index (κ3) is 2.73. The van der Waals surface area contributed by atoms with Gasteiger partial charge in [0.05, 0.1) is 0 Å². The fourth-order valence-electron chi connectivity index (χ4n) is 2.74. The molecule has 1 aliphatic rings. The number of nitrogens with two attached hydrogens (primary N) is 1. The smallest absolute Gasteiger partial charge is 0.132 e. The Morgan fingerprint density at radius 2 is 2.20 bits per heavy atom. The molecule has 108 valence electrons. The first-order valence-electron chi connectivity index (χ1n) is 7.34. The molecule has 0 saturated heterocycles. The Balaban J connectivity index is 1.95. The summed E-state index contributed by atoms with van der Waals surface area (Å²) < 4.78 is 15.2. The molecule has 0 unspecified atom stereocenters. The van der Waals surface area contributed by atoms with Crippen LogP contribution in [0.1, 0.15) is 30.2 Å². The Bertz CT molecular complexity index is 604. The fraction of sp³-hybridized carbons (Fsp3) is 0.500. The first-order chi connectivity index (χ1) is 9.72. The Morgan fingerprint density at radius 1 is 1.40 bits per heavy atom. The molecule has 0 amide bonds. The molecule has 2 aromatic rings. The zero-order valence-corrected chi connectivity index (χ0v) is 12.7.